The molecule has 122 valence electrons. The van der Waals surface area contributed by atoms with Crippen LogP contribution in [-0.2, 0) is 21.9 Å². The normalized spacial score (nSPS) is 17.4. The lowest BCUT2D eigenvalue weighted by molar-refractivity contribution is -0.142. The highest BCUT2D eigenvalue weighted by molar-refractivity contribution is 7.89. The highest BCUT2D eigenvalue weighted by atomic mass is 32.2. The van der Waals surface area contributed by atoms with Crippen LogP contribution in [0.4, 0.5) is 0 Å². The Bertz CT molecular complexity index is 687. The Balaban J connectivity index is 2.21. The highest BCUT2D eigenvalue weighted by Gasteiger charge is 2.33. The second-order valence-corrected chi connectivity index (χ2v) is 7.21. The molecule has 0 radical (unpaired) electrons. The van der Waals surface area contributed by atoms with E-state index in [4.69, 9.17) is 5.11 Å². The Morgan fingerprint density at radius 3 is 2.41 bits per heavy atom. The molecule has 1 aromatic rings. The molecule has 2 N–H and O–H groups in total. The zero-order valence-corrected chi connectivity index (χ0v) is 13.3. The molecular weight excluding hydrogens is 310 g/mol. The summed E-state index contributed by atoms with van der Waals surface area (Å²) in [5.41, 5.74) is 0.251. The summed E-state index contributed by atoms with van der Waals surface area (Å²) >= 11 is 0. The van der Waals surface area contributed by atoms with Crippen LogP contribution in [0.1, 0.15) is 23.3 Å². The fraction of sp³-hybridized carbons (Fsp3) is 0.538. The van der Waals surface area contributed by atoms with E-state index in [9.17, 15) is 18.0 Å². The number of carboxylic acid groups (broad SMARTS) is 1. The second-order valence-electron chi connectivity index (χ2n) is 5.27. The number of carboxylic acids is 1. The number of hydrogen-bond donors (Lipinski definition) is 2. The van der Waals surface area contributed by atoms with Crippen molar-refractivity contribution >= 4 is 21.9 Å². The standard InChI is InChI=1S/C13H19N3O5S/c1-14-12(17)11-7-10(8-15(11)2)22(20,21)16-5-3-9(4-6-16)13(18)19/h7-9H,3-6H2,1-2H3,(H,14,17)(H,18,19). The van der Waals surface area contributed by atoms with Crippen LogP contribution in [0.3, 0.4) is 0 Å². The molecule has 0 aliphatic carbocycles. The first kappa shape index (κ1) is 16.5. The number of aryl methyl sites for hydroxylation is 1. The minimum atomic E-state index is -3.71. The van der Waals surface area contributed by atoms with E-state index in [0.29, 0.717) is 12.8 Å². The molecule has 0 unspecified atom stereocenters. The van der Waals surface area contributed by atoms with Gasteiger partial charge in [0.25, 0.3) is 5.91 Å². The van der Waals surface area contributed by atoms with Gasteiger partial charge in [0.05, 0.1) is 5.92 Å². The van der Waals surface area contributed by atoms with Gasteiger partial charge < -0.3 is 15.0 Å². The molecule has 0 aromatic carbocycles. The molecule has 1 aliphatic heterocycles. The minimum Gasteiger partial charge on any atom is -0.481 e. The third-order valence-electron chi connectivity index (χ3n) is 3.88. The number of nitrogens with zero attached hydrogens (tertiary/aromatic N) is 2. The van der Waals surface area contributed by atoms with Gasteiger partial charge in [-0.15, -0.1) is 0 Å². The lowest BCUT2D eigenvalue weighted by Crippen LogP contribution is -2.40. The zero-order valence-electron chi connectivity index (χ0n) is 12.4. The van der Waals surface area contributed by atoms with Gasteiger partial charge in [0.1, 0.15) is 10.6 Å². The number of amides is 1. The van der Waals surface area contributed by atoms with Crippen LogP contribution in [0, 0.1) is 5.92 Å². The summed E-state index contributed by atoms with van der Waals surface area (Å²) < 4.78 is 27.9. The third kappa shape index (κ3) is 3.00. The largest absolute Gasteiger partial charge is 0.481 e. The maximum atomic E-state index is 12.6. The Morgan fingerprint density at radius 1 is 1.32 bits per heavy atom. The Hall–Kier alpha value is -1.87. The molecule has 2 rings (SSSR count). The van der Waals surface area contributed by atoms with E-state index >= 15 is 0 Å². The first-order valence-corrected chi connectivity index (χ1v) is 8.32. The van der Waals surface area contributed by atoms with Crippen molar-refractivity contribution in [1.82, 2.24) is 14.2 Å². The molecule has 1 saturated heterocycles. The summed E-state index contributed by atoms with van der Waals surface area (Å²) in [5, 5.41) is 11.4. The number of rotatable bonds is 4. The molecule has 9 heteroatoms. The number of sulfonamides is 1. The van der Waals surface area contributed by atoms with Gasteiger partial charge in [-0.3, -0.25) is 9.59 Å². The summed E-state index contributed by atoms with van der Waals surface area (Å²) in [4.78, 5) is 22.6. The van der Waals surface area contributed by atoms with E-state index in [2.05, 4.69) is 5.32 Å². The van der Waals surface area contributed by atoms with Crippen molar-refractivity contribution < 1.29 is 23.1 Å². The van der Waals surface area contributed by atoms with Gasteiger partial charge in [0, 0.05) is 33.4 Å². The molecule has 1 aliphatic rings. The van der Waals surface area contributed by atoms with Crippen molar-refractivity contribution in [3.05, 3.63) is 18.0 Å². The van der Waals surface area contributed by atoms with Crippen LogP contribution in [0.25, 0.3) is 0 Å². The number of piperidine rings is 1. The number of aliphatic carboxylic acids is 1. The van der Waals surface area contributed by atoms with E-state index in [1.165, 1.54) is 28.2 Å². The average molecular weight is 329 g/mol. The van der Waals surface area contributed by atoms with E-state index in [1.54, 1.807) is 7.05 Å². The molecule has 0 atom stereocenters. The van der Waals surface area contributed by atoms with Gasteiger partial charge in [-0.2, -0.15) is 4.31 Å². The summed E-state index contributed by atoms with van der Waals surface area (Å²) in [6.45, 7) is 0.340. The van der Waals surface area contributed by atoms with Crippen molar-refractivity contribution in [2.24, 2.45) is 13.0 Å². The van der Waals surface area contributed by atoms with Crippen molar-refractivity contribution in [1.29, 1.82) is 0 Å². The highest BCUT2D eigenvalue weighted by Crippen LogP contribution is 2.25. The van der Waals surface area contributed by atoms with E-state index in [-0.39, 0.29) is 29.6 Å². The van der Waals surface area contributed by atoms with E-state index in [0.717, 1.165) is 0 Å². The summed E-state index contributed by atoms with van der Waals surface area (Å²) in [5.74, 6) is -1.75. The fourth-order valence-electron chi connectivity index (χ4n) is 2.52. The Morgan fingerprint density at radius 2 is 1.91 bits per heavy atom. The molecule has 2 heterocycles. The van der Waals surface area contributed by atoms with E-state index < -0.39 is 21.9 Å². The molecule has 0 bridgehead atoms. The van der Waals surface area contributed by atoms with Crippen LogP contribution < -0.4 is 5.32 Å². The van der Waals surface area contributed by atoms with Gasteiger partial charge in [-0.05, 0) is 18.9 Å². The predicted octanol–water partition coefficient (Wildman–Crippen LogP) is -0.130. The summed E-state index contributed by atoms with van der Waals surface area (Å²) in [7, 11) is -0.645. The SMILES string of the molecule is CNC(=O)c1cc(S(=O)(=O)N2CCC(C(=O)O)CC2)cn1C. The number of nitrogens with one attached hydrogen (secondary N) is 1. The van der Waals surface area contributed by atoms with Crippen molar-refractivity contribution in [3.8, 4) is 0 Å². The molecule has 1 aromatic heterocycles. The second kappa shape index (κ2) is 6.09. The zero-order chi connectivity index (χ0) is 16.5. The Kier molecular flexibility index (Phi) is 4.57. The van der Waals surface area contributed by atoms with Crippen LogP contribution in [0.15, 0.2) is 17.2 Å². The topological polar surface area (TPSA) is 109 Å². The van der Waals surface area contributed by atoms with Crippen LogP contribution in [0.5, 0.6) is 0 Å². The number of aromatic nitrogens is 1. The number of carbonyl (C=O) groups is 2. The average Bonchev–Trinajstić information content (AvgIpc) is 2.89. The minimum absolute atomic E-state index is 0.0439. The number of hydrogen-bond acceptors (Lipinski definition) is 4. The smallest absolute Gasteiger partial charge is 0.306 e. The van der Waals surface area contributed by atoms with Crippen LogP contribution in [0.2, 0.25) is 0 Å². The maximum absolute atomic E-state index is 12.6. The van der Waals surface area contributed by atoms with Gasteiger partial charge >= 0.3 is 5.97 Å². The molecular formula is C13H19N3O5S. The molecule has 1 amide bonds. The molecule has 22 heavy (non-hydrogen) atoms. The maximum Gasteiger partial charge on any atom is 0.306 e. The van der Waals surface area contributed by atoms with Crippen LogP contribution in [-0.4, -0.2) is 54.4 Å². The van der Waals surface area contributed by atoms with Gasteiger partial charge in [0.15, 0.2) is 0 Å². The third-order valence-corrected chi connectivity index (χ3v) is 5.74. The fourth-order valence-corrected chi connectivity index (χ4v) is 4.06. The predicted molar refractivity (Wildman–Crippen MR) is 77.9 cm³/mol. The van der Waals surface area contributed by atoms with Crippen molar-refractivity contribution in [2.45, 2.75) is 17.7 Å². The number of carbonyl (C=O) groups excluding carboxylic acids is 1. The molecule has 8 nitrogen and oxygen atoms in total. The summed E-state index contributed by atoms with van der Waals surface area (Å²) in [6, 6.07) is 1.33. The lowest BCUT2D eigenvalue weighted by atomic mass is 9.99. The van der Waals surface area contributed by atoms with Crippen molar-refractivity contribution in [2.75, 3.05) is 20.1 Å². The first-order chi connectivity index (χ1) is 10.3. The van der Waals surface area contributed by atoms with Crippen LogP contribution >= 0.6 is 0 Å². The molecule has 0 spiro atoms. The molecule has 0 saturated carbocycles. The quantitative estimate of drug-likeness (QED) is 0.800. The van der Waals surface area contributed by atoms with Gasteiger partial charge in [-0.1, -0.05) is 0 Å². The van der Waals surface area contributed by atoms with Gasteiger partial charge in [0.2, 0.25) is 10.0 Å². The molecule has 1 fully saturated rings. The van der Waals surface area contributed by atoms with Crippen molar-refractivity contribution in [3.63, 3.8) is 0 Å². The first-order valence-electron chi connectivity index (χ1n) is 6.88. The van der Waals surface area contributed by atoms with E-state index in [1.807, 2.05) is 0 Å². The monoisotopic (exact) mass is 329 g/mol. The summed E-state index contributed by atoms with van der Waals surface area (Å²) in [6.07, 6.45) is 1.98. The Labute approximate surface area is 128 Å². The lowest BCUT2D eigenvalue weighted by Gasteiger charge is -2.28. The van der Waals surface area contributed by atoms with Gasteiger partial charge in [-0.25, -0.2) is 8.42 Å².